The van der Waals surface area contributed by atoms with E-state index in [0.29, 0.717) is 28.8 Å². The average Bonchev–Trinajstić information content (AvgIpc) is 3.23. The van der Waals surface area contributed by atoms with Crippen molar-refractivity contribution in [2.75, 3.05) is 45.2 Å². The van der Waals surface area contributed by atoms with E-state index in [9.17, 15) is 9.18 Å². The summed E-state index contributed by atoms with van der Waals surface area (Å²) in [5, 5.41) is 4.28. The van der Waals surface area contributed by atoms with Gasteiger partial charge in [0.25, 0.3) is 0 Å². The highest BCUT2D eigenvalue weighted by atomic mass is 35.5. The van der Waals surface area contributed by atoms with Crippen molar-refractivity contribution in [1.29, 1.82) is 0 Å². The van der Waals surface area contributed by atoms with E-state index in [-0.39, 0.29) is 24.3 Å². The molecule has 1 fully saturated rings. The zero-order valence-corrected chi connectivity index (χ0v) is 18.2. The second-order valence-corrected chi connectivity index (χ2v) is 8.92. The molecule has 1 saturated heterocycles. The lowest BCUT2D eigenvalue weighted by Gasteiger charge is -2.41. The van der Waals surface area contributed by atoms with Crippen molar-refractivity contribution >= 4 is 28.8 Å². The Hall–Kier alpha value is -2.28. The van der Waals surface area contributed by atoms with Crippen LogP contribution >= 0.6 is 11.6 Å². The van der Waals surface area contributed by atoms with Gasteiger partial charge in [-0.1, -0.05) is 29.8 Å². The van der Waals surface area contributed by atoms with Crippen LogP contribution in [0.3, 0.4) is 0 Å². The number of nitrogens with one attached hydrogen (secondary N) is 1. The second-order valence-electron chi connectivity index (χ2n) is 8.51. The smallest absolute Gasteiger partial charge is 0.185 e. The minimum atomic E-state index is -0.404. The molecule has 162 valence electrons. The molecule has 0 radical (unpaired) electrons. The van der Waals surface area contributed by atoms with E-state index in [1.807, 2.05) is 24.3 Å². The predicted octanol–water partition coefficient (Wildman–Crippen LogP) is 4.01. The molecular weight excluding hydrogens is 417 g/mol. The van der Waals surface area contributed by atoms with Crippen molar-refractivity contribution < 1.29 is 13.9 Å². The molecule has 5 nitrogen and oxygen atoms in total. The van der Waals surface area contributed by atoms with E-state index in [1.54, 1.807) is 7.11 Å². The van der Waals surface area contributed by atoms with Gasteiger partial charge in [-0.05, 0) is 42.6 Å². The van der Waals surface area contributed by atoms with Crippen molar-refractivity contribution in [3.8, 4) is 0 Å². The molecule has 0 aliphatic carbocycles. The molecule has 5 rings (SSSR count). The Balaban J connectivity index is 1.60. The van der Waals surface area contributed by atoms with Gasteiger partial charge in [0, 0.05) is 54.0 Å². The number of benzene rings is 2. The highest BCUT2D eigenvalue weighted by Gasteiger charge is 2.44. The number of nitrogens with zero attached hydrogens (tertiary/aromatic N) is 2. The molecule has 7 heteroatoms. The fraction of sp³-hybridized carbons (Fsp3) is 0.417. The molecule has 0 bridgehead atoms. The van der Waals surface area contributed by atoms with E-state index >= 15 is 0 Å². The molecule has 0 aromatic heterocycles. The number of rotatable bonds is 5. The van der Waals surface area contributed by atoms with Gasteiger partial charge in [-0.2, -0.15) is 0 Å². The molecule has 3 heterocycles. The normalized spacial score (nSPS) is 25.2. The lowest BCUT2D eigenvalue weighted by atomic mass is 9.73. The third kappa shape index (κ3) is 3.67. The number of hydrogen-bond donors (Lipinski definition) is 1. The van der Waals surface area contributed by atoms with Crippen molar-refractivity contribution in [2.24, 2.45) is 10.9 Å². The summed E-state index contributed by atoms with van der Waals surface area (Å²) in [6.07, 6.45) is 1.02. The molecule has 3 aliphatic heterocycles. The zero-order valence-electron chi connectivity index (χ0n) is 17.4. The number of anilines is 1. The molecule has 0 unspecified atom stereocenters. The Kier molecular flexibility index (Phi) is 5.54. The maximum absolute atomic E-state index is 14.4. The molecule has 0 amide bonds. The molecule has 2 aromatic carbocycles. The van der Waals surface area contributed by atoms with E-state index < -0.39 is 5.82 Å². The van der Waals surface area contributed by atoms with E-state index in [0.717, 1.165) is 42.9 Å². The van der Waals surface area contributed by atoms with Gasteiger partial charge in [0.15, 0.2) is 5.78 Å². The van der Waals surface area contributed by atoms with Gasteiger partial charge in [0.05, 0.1) is 12.3 Å². The summed E-state index contributed by atoms with van der Waals surface area (Å²) in [6.45, 7) is 3.55. The standard InChI is InChI=1S/C24H25ClFN3O2/c1-31-9-8-29-7-6-14(13-29)23-22(16-4-2-3-5-18(16)25)24-21-17(20(30)12-27-24)10-15(26)11-19(21)28-23/h2-5,10-11,14,22-23,28H,6-9,12-13H2,1H3/t14-,22+,23+/m0/s1. The number of hydrogen-bond acceptors (Lipinski definition) is 5. The van der Waals surface area contributed by atoms with Gasteiger partial charge >= 0.3 is 0 Å². The Bertz CT molecular complexity index is 1060. The summed E-state index contributed by atoms with van der Waals surface area (Å²) in [4.78, 5) is 19.6. The van der Waals surface area contributed by atoms with Gasteiger partial charge in [0.1, 0.15) is 12.4 Å². The summed E-state index contributed by atoms with van der Waals surface area (Å²) >= 11 is 6.65. The number of carbonyl (C=O) groups is 1. The third-order valence-electron chi connectivity index (χ3n) is 6.70. The van der Waals surface area contributed by atoms with Crippen molar-refractivity contribution in [3.05, 3.63) is 63.9 Å². The van der Waals surface area contributed by atoms with Gasteiger partial charge in [-0.25, -0.2) is 4.39 Å². The Morgan fingerprint density at radius 2 is 2.16 bits per heavy atom. The third-order valence-corrected chi connectivity index (χ3v) is 7.04. The average molecular weight is 442 g/mol. The first kappa shape index (κ1) is 20.6. The lowest BCUT2D eigenvalue weighted by molar-refractivity contribution is 0.0999. The monoisotopic (exact) mass is 441 g/mol. The largest absolute Gasteiger partial charge is 0.383 e. The fourth-order valence-corrected chi connectivity index (χ4v) is 5.52. The number of ether oxygens (including phenoxy) is 1. The highest BCUT2D eigenvalue weighted by molar-refractivity contribution is 6.32. The maximum Gasteiger partial charge on any atom is 0.185 e. The van der Waals surface area contributed by atoms with Crippen molar-refractivity contribution in [1.82, 2.24) is 4.90 Å². The topological polar surface area (TPSA) is 53.9 Å². The van der Waals surface area contributed by atoms with Crippen LogP contribution in [-0.4, -0.2) is 62.3 Å². The maximum atomic E-state index is 14.4. The Morgan fingerprint density at radius 1 is 1.32 bits per heavy atom. The van der Waals surface area contributed by atoms with Crippen LogP contribution in [-0.2, 0) is 4.74 Å². The van der Waals surface area contributed by atoms with Crippen molar-refractivity contribution in [3.63, 3.8) is 0 Å². The molecule has 0 spiro atoms. The van der Waals surface area contributed by atoms with E-state index in [1.165, 1.54) is 12.1 Å². The van der Waals surface area contributed by atoms with Crippen LogP contribution in [0.15, 0.2) is 41.4 Å². The molecule has 31 heavy (non-hydrogen) atoms. The number of methoxy groups -OCH3 is 1. The SMILES string of the molecule is COCCN1CC[C@H]([C@H]2Nc3cc(F)cc4c3C(=NCC4=O)[C@@H]2c2ccccc2Cl)C1. The van der Waals surface area contributed by atoms with E-state index in [4.69, 9.17) is 21.3 Å². The highest BCUT2D eigenvalue weighted by Crippen LogP contribution is 2.44. The molecule has 0 saturated carbocycles. The Morgan fingerprint density at radius 3 is 2.97 bits per heavy atom. The summed E-state index contributed by atoms with van der Waals surface area (Å²) in [7, 11) is 1.72. The van der Waals surface area contributed by atoms with Crippen molar-refractivity contribution in [2.45, 2.75) is 18.4 Å². The number of Topliss-reactive ketones (excluding diaryl/α,β-unsaturated/α-hetero) is 1. The lowest BCUT2D eigenvalue weighted by Crippen LogP contribution is -2.46. The zero-order chi connectivity index (χ0) is 21.5. The molecule has 3 atom stereocenters. The number of ketones is 1. The minimum Gasteiger partial charge on any atom is -0.383 e. The molecular formula is C24H25ClFN3O2. The first-order chi connectivity index (χ1) is 15.1. The van der Waals surface area contributed by atoms with Gasteiger partial charge in [-0.15, -0.1) is 0 Å². The number of halogens is 2. The number of carbonyl (C=O) groups excluding carboxylic acids is 1. The second kappa shape index (κ2) is 8.34. The first-order valence-corrected chi connectivity index (χ1v) is 11.1. The van der Waals surface area contributed by atoms with Gasteiger partial charge < -0.3 is 15.0 Å². The molecule has 3 aliphatic rings. The molecule has 1 N–H and O–H groups in total. The number of aliphatic imine (C=N–C) groups is 1. The fourth-order valence-electron chi connectivity index (χ4n) is 5.26. The van der Waals surface area contributed by atoms with Crippen LogP contribution in [0.2, 0.25) is 5.02 Å². The van der Waals surface area contributed by atoms with Crippen LogP contribution in [0.25, 0.3) is 0 Å². The minimum absolute atomic E-state index is 0.00143. The summed E-state index contributed by atoms with van der Waals surface area (Å²) < 4.78 is 19.6. The summed E-state index contributed by atoms with van der Waals surface area (Å²) in [5.41, 5.74) is 3.64. The summed E-state index contributed by atoms with van der Waals surface area (Å²) in [5.74, 6) is -0.326. The molecule has 2 aromatic rings. The van der Waals surface area contributed by atoms with Crippen LogP contribution in [0.5, 0.6) is 0 Å². The van der Waals surface area contributed by atoms with Crippen LogP contribution in [0.1, 0.15) is 33.8 Å². The quantitative estimate of drug-likeness (QED) is 0.761. The first-order valence-electron chi connectivity index (χ1n) is 10.7. The van der Waals surface area contributed by atoms with Gasteiger partial charge in [-0.3, -0.25) is 9.79 Å². The van der Waals surface area contributed by atoms with Gasteiger partial charge in [0.2, 0.25) is 0 Å². The van der Waals surface area contributed by atoms with Crippen LogP contribution in [0.4, 0.5) is 10.1 Å². The number of likely N-dealkylation sites (tertiary alicyclic amines) is 1. The van der Waals surface area contributed by atoms with E-state index in [2.05, 4.69) is 10.2 Å². The summed E-state index contributed by atoms with van der Waals surface area (Å²) in [6, 6.07) is 10.6. The Labute approximate surface area is 186 Å². The van der Waals surface area contributed by atoms with Crippen LogP contribution in [0, 0.1) is 11.7 Å². The predicted molar refractivity (Wildman–Crippen MR) is 120 cm³/mol. The van der Waals surface area contributed by atoms with Crippen LogP contribution < -0.4 is 5.32 Å².